The number of carbonyl (C=O) groups is 1. The lowest BCUT2D eigenvalue weighted by molar-refractivity contribution is -0.142. The number of ether oxygens (including phenoxy) is 1. The first-order chi connectivity index (χ1) is 10.7. The van der Waals surface area contributed by atoms with Crippen LogP contribution < -0.4 is 0 Å². The van der Waals surface area contributed by atoms with Crippen LogP contribution in [-0.2, 0) is 16.1 Å². The topological polar surface area (TPSA) is 91.6 Å². The molecule has 118 valence electrons. The van der Waals surface area contributed by atoms with Gasteiger partial charge in [-0.2, -0.15) is 0 Å². The molecule has 2 aromatic heterocycles. The maximum absolute atomic E-state index is 12.5. The standard InChI is InChI=1S/C15H19N3O4/c1-21-8-10-4-5-13(22-10)12-3-2-6-18(12)15(20)14(19)11-7-16-9-17-11/h4-5,7,9,12,14,19H,2-3,6,8H2,1H3,(H,16,17). The van der Waals surface area contributed by atoms with E-state index in [1.165, 1.54) is 12.5 Å². The fraction of sp³-hybridized carbons (Fsp3) is 0.467. The van der Waals surface area contributed by atoms with Crippen molar-refractivity contribution in [2.75, 3.05) is 13.7 Å². The zero-order valence-corrected chi connectivity index (χ0v) is 12.4. The molecule has 2 N–H and O–H groups in total. The van der Waals surface area contributed by atoms with E-state index in [0.717, 1.165) is 24.4 Å². The number of hydrogen-bond donors (Lipinski definition) is 2. The zero-order chi connectivity index (χ0) is 15.5. The Morgan fingerprint density at radius 1 is 1.64 bits per heavy atom. The van der Waals surface area contributed by atoms with E-state index in [0.29, 0.717) is 18.8 Å². The van der Waals surface area contributed by atoms with Crippen molar-refractivity contribution in [1.82, 2.24) is 14.9 Å². The van der Waals surface area contributed by atoms with Crippen LogP contribution in [0.4, 0.5) is 0 Å². The number of aromatic nitrogens is 2. The number of nitrogens with one attached hydrogen (secondary N) is 1. The van der Waals surface area contributed by atoms with Gasteiger partial charge in [-0.1, -0.05) is 0 Å². The number of nitrogens with zero attached hydrogens (tertiary/aromatic N) is 2. The van der Waals surface area contributed by atoms with Gasteiger partial charge >= 0.3 is 0 Å². The van der Waals surface area contributed by atoms with Crippen LogP contribution in [0.15, 0.2) is 29.1 Å². The van der Waals surface area contributed by atoms with Gasteiger partial charge in [-0.3, -0.25) is 4.79 Å². The summed E-state index contributed by atoms with van der Waals surface area (Å²) in [6, 6.07) is 3.58. The molecule has 3 rings (SSSR count). The van der Waals surface area contributed by atoms with E-state index in [9.17, 15) is 9.90 Å². The van der Waals surface area contributed by atoms with E-state index in [-0.39, 0.29) is 11.9 Å². The van der Waals surface area contributed by atoms with Crippen LogP contribution in [0.5, 0.6) is 0 Å². The minimum atomic E-state index is -1.23. The minimum Gasteiger partial charge on any atom is -0.461 e. The molecule has 0 radical (unpaired) electrons. The maximum atomic E-state index is 12.5. The Balaban J connectivity index is 1.76. The molecular weight excluding hydrogens is 286 g/mol. The average Bonchev–Trinajstić information content (AvgIpc) is 3.25. The summed E-state index contributed by atoms with van der Waals surface area (Å²) in [6.07, 6.45) is 3.37. The summed E-state index contributed by atoms with van der Waals surface area (Å²) < 4.78 is 10.8. The number of methoxy groups -OCH3 is 1. The fourth-order valence-electron chi connectivity index (χ4n) is 2.83. The third kappa shape index (κ3) is 2.77. The van der Waals surface area contributed by atoms with E-state index in [4.69, 9.17) is 9.15 Å². The highest BCUT2D eigenvalue weighted by molar-refractivity contribution is 5.82. The second-order valence-electron chi connectivity index (χ2n) is 5.34. The van der Waals surface area contributed by atoms with Crippen LogP contribution in [0.25, 0.3) is 0 Å². The fourth-order valence-corrected chi connectivity index (χ4v) is 2.83. The number of aliphatic hydroxyl groups is 1. The van der Waals surface area contributed by atoms with Gasteiger partial charge in [0, 0.05) is 13.7 Å². The van der Waals surface area contributed by atoms with Gasteiger partial charge in [0.2, 0.25) is 0 Å². The van der Waals surface area contributed by atoms with Gasteiger partial charge in [0.25, 0.3) is 5.91 Å². The molecule has 0 spiro atoms. The van der Waals surface area contributed by atoms with Gasteiger partial charge in [0.15, 0.2) is 6.10 Å². The number of amides is 1. The first-order valence-electron chi connectivity index (χ1n) is 7.25. The van der Waals surface area contributed by atoms with Crippen molar-refractivity contribution < 1.29 is 19.1 Å². The molecule has 1 amide bonds. The Kier molecular flexibility index (Phi) is 4.26. The van der Waals surface area contributed by atoms with Crippen molar-refractivity contribution in [3.05, 3.63) is 41.9 Å². The summed E-state index contributed by atoms with van der Waals surface area (Å²) >= 11 is 0. The highest BCUT2D eigenvalue weighted by atomic mass is 16.5. The third-order valence-electron chi connectivity index (χ3n) is 3.88. The summed E-state index contributed by atoms with van der Waals surface area (Å²) in [4.78, 5) is 20.8. The van der Waals surface area contributed by atoms with Crippen LogP contribution in [0.1, 0.15) is 42.2 Å². The molecule has 2 unspecified atom stereocenters. The number of furan rings is 1. The summed E-state index contributed by atoms with van der Waals surface area (Å²) in [5.41, 5.74) is 0.398. The zero-order valence-electron chi connectivity index (χ0n) is 12.4. The molecule has 2 atom stereocenters. The lowest BCUT2D eigenvalue weighted by atomic mass is 10.1. The number of H-pyrrole nitrogens is 1. The molecule has 1 aliphatic rings. The second kappa shape index (κ2) is 6.33. The van der Waals surface area contributed by atoms with Crippen LogP contribution in [-0.4, -0.2) is 39.5 Å². The SMILES string of the molecule is COCc1ccc(C2CCCN2C(=O)C(O)c2cnc[nH]2)o1. The Morgan fingerprint density at radius 2 is 2.50 bits per heavy atom. The molecule has 1 saturated heterocycles. The van der Waals surface area contributed by atoms with Gasteiger partial charge in [0.05, 0.1) is 24.3 Å². The third-order valence-corrected chi connectivity index (χ3v) is 3.88. The smallest absolute Gasteiger partial charge is 0.258 e. The van der Waals surface area contributed by atoms with Crippen LogP contribution >= 0.6 is 0 Å². The number of hydrogen-bond acceptors (Lipinski definition) is 5. The van der Waals surface area contributed by atoms with E-state index in [1.54, 1.807) is 12.0 Å². The number of likely N-dealkylation sites (tertiary alicyclic amines) is 1. The van der Waals surface area contributed by atoms with Gasteiger partial charge in [-0.25, -0.2) is 4.98 Å². The van der Waals surface area contributed by atoms with Crippen LogP contribution in [0.3, 0.4) is 0 Å². The van der Waals surface area contributed by atoms with Gasteiger partial charge in [0.1, 0.15) is 18.1 Å². The summed E-state index contributed by atoms with van der Waals surface area (Å²) in [6.45, 7) is 1.01. The van der Waals surface area contributed by atoms with Crippen molar-refractivity contribution in [2.24, 2.45) is 0 Å². The van der Waals surface area contributed by atoms with Crippen molar-refractivity contribution in [3.63, 3.8) is 0 Å². The van der Waals surface area contributed by atoms with E-state index in [1.807, 2.05) is 12.1 Å². The summed E-state index contributed by atoms with van der Waals surface area (Å²) in [5, 5.41) is 10.2. The first-order valence-corrected chi connectivity index (χ1v) is 7.25. The lowest BCUT2D eigenvalue weighted by Crippen LogP contribution is -2.34. The molecule has 0 saturated carbocycles. The molecular formula is C15H19N3O4. The molecule has 0 aromatic carbocycles. The van der Waals surface area contributed by atoms with Crippen LogP contribution in [0.2, 0.25) is 0 Å². The molecule has 2 aromatic rings. The normalized spacial score (nSPS) is 19.5. The largest absolute Gasteiger partial charge is 0.461 e. The second-order valence-corrected chi connectivity index (χ2v) is 5.34. The number of aliphatic hydroxyl groups excluding tert-OH is 1. The molecule has 7 heteroatoms. The molecule has 22 heavy (non-hydrogen) atoms. The molecule has 3 heterocycles. The van der Waals surface area contributed by atoms with E-state index < -0.39 is 6.10 Å². The minimum absolute atomic E-state index is 0.143. The Morgan fingerprint density at radius 3 is 3.23 bits per heavy atom. The van der Waals surface area contributed by atoms with Crippen molar-refractivity contribution in [2.45, 2.75) is 31.6 Å². The number of imidazole rings is 1. The van der Waals surface area contributed by atoms with E-state index >= 15 is 0 Å². The first kappa shape index (κ1) is 14.8. The molecule has 0 bridgehead atoms. The summed E-state index contributed by atoms with van der Waals surface area (Å²) in [5.74, 6) is 1.12. The van der Waals surface area contributed by atoms with Crippen molar-refractivity contribution >= 4 is 5.91 Å². The van der Waals surface area contributed by atoms with Crippen molar-refractivity contribution in [3.8, 4) is 0 Å². The van der Waals surface area contributed by atoms with Crippen LogP contribution in [0, 0.1) is 0 Å². The Hall–Kier alpha value is -2.12. The van der Waals surface area contributed by atoms with Gasteiger partial charge in [-0.05, 0) is 25.0 Å². The number of rotatable bonds is 5. The number of aromatic amines is 1. The highest BCUT2D eigenvalue weighted by Gasteiger charge is 2.35. The quantitative estimate of drug-likeness (QED) is 0.874. The predicted octanol–water partition coefficient (Wildman–Crippen LogP) is 1.55. The maximum Gasteiger partial charge on any atom is 0.258 e. The predicted molar refractivity (Wildman–Crippen MR) is 76.7 cm³/mol. The van der Waals surface area contributed by atoms with Gasteiger partial charge < -0.3 is 24.1 Å². The van der Waals surface area contributed by atoms with E-state index in [2.05, 4.69) is 9.97 Å². The molecule has 1 aliphatic heterocycles. The van der Waals surface area contributed by atoms with Gasteiger partial charge in [-0.15, -0.1) is 0 Å². The monoisotopic (exact) mass is 305 g/mol. The summed E-state index contributed by atoms with van der Waals surface area (Å²) in [7, 11) is 1.61. The van der Waals surface area contributed by atoms with Crippen molar-refractivity contribution in [1.29, 1.82) is 0 Å². The highest BCUT2D eigenvalue weighted by Crippen LogP contribution is 2.34. The Bertz CT molecular complexity index is 623. The lowest BCUT2D eigenvalue weighted by Gasteiger charge is -2.25. The number of carbonyl (C=O) groups excluding carboxylic acids is 1. The molecule has 0 aliphatic carbocycles. The Labute approximate surface area is 127 Å². The molecule has 1 fully saturated rings. The molecule has 7 nitrogen and oxygen atoms in total. The average molecular weight is 305 g/mol.